The summed E-state index contributed by atoms with van der Waals surface area (Å²) >= 11 is 0. The van der Waals surface area contributed by atoms with Crippen LogP contribution < -0.4 is 4.74 Å². The molecule has 0 aliphatic carbocycles. The first-order valence-corrected chi connectivity index (χ1v) is 17.5. The molecule has 0 radical (unpaired) electrons. The summed E-state index contributed by atoms with van der Waals surface area (Å²) in [6.07, 6.45) is 26.7. The van der Waals surface area contributed by atoms with Crippen LogP contribution in [0.15, 0.2) is 60.9 Å². The van der Waals surface area contributed by atoms with Gasteiger partial charge in [-0.05, 0) is 42.5 Å². The molecule has 1 heterocycles. The third kappa shape index (κ3) is 14.5. The first-order chi connectivity index (χ1) is 21.2. The maximum absolute atomic E-state index is 14.3. The van der Waals surface area contributed by atoms with Crippen LogP contribution in [0.25, 0.3) is 22.5 Å². The Morgan fingerprint density at radius 1 is 0.558 bits per heavy atom. The van der Waals surface area contributed by atoms with Gasteiger partial charge in [0, 0.05) is 23.5 Å². The lowest BCUT2D eigenvalue weighted by molar-refractivity contribution is 0.184. The van der Waals surface area contributed by atoms with E-state index in [4.69, 9.17) is 4.74 Å². The van der Waals surface area contributed by atoms with E-state index in [0.29, 0.717) is 12.2 Å². The van der Waals surface area contributed by atoms with Crippen molar-refractivity contribution in [2.24, 2.45) is 0 Å². The van der Waals surface area contributed by atoms with Gasteiger partial charge in [-0.2, -0.15) is 0 Å². The van der Waals surface area contributed by atoms with E-state index in [9.17, 15) is 4.39 Å². The van der Waals surface area contributed by atoms with E-state index >= 15 is 0 Å². The number of hydrogen-bond donors (Lipinski definition) is 0. The lowest BCUT2D eigenvalue weighted by Gasteiger charge is -2.11. The highest BCUT2D eigenvalue weighted by atomic mass is 19.1. The van der Waals surface area contributed by atoms with Gasteiger partial charge in [0.1, 0.15) is 18.5 Å². The quantitative estimate of drug-likeness (QED) is 0.0976. The molecule has 0 bridgehead atoms. The zero-order valence-electron chi connectivity index (χ0n) is 27.2. The van der Waals surface area contributed by atoms with Crippen LogP contribution >= 0.6 is 0 Å². The van der Waals surface area contributed by atoms with Gasteiger partial charge in [-0.1, -0.05) is 153 Å². The summed E-state index contributed by atoms with van der Waals surface area (Å²) in [6, 6.07) is 16.5. The Morgan fingerprint density at radius 2 is 1.05 bits per heavy atom. The molecule has 0 aliphatic rings. The van der Waals surface area contributed by atoms with Crippen LogP contribution in [0, 0.1) is 0 Å². The van der Waals surface area contributed by atoms with E-state index < -0.39 is 6.17 Å². The minimum Gasteiger partial charge on any atom is -0.491 e. The highest BCUT2D eigenvalue weighted by molar-refractivity contribution is 5.64. The van der Waals surface area contributed by atoms with Crippen molar-refractivity contribution < 1.29 is 9.13 Å². The van der Waals surface area contributed by atoms with Gasteiger partial charge in [0.05, 0.1) is 0 Å². The van der Waals surface area contributed by atoms with Crippen LogP contribution in [-0.2, 0) is 6.42 Å². The smallest absolute Gasteiger partial charge is 0.159 e. The monoisotopic (exact) mass is 588 g/mol. The number of unbranched alkanes of at least 4 members (excludes halogenated alkanes) is 15. The number of benzene rings is 2. The van der Waals surface area contributed by atoms with Crippen molar-refractivity contribution in [2.75, 3.05) is 6.61 Å². The minimum atomic E-state index is -0.912. The summed E-state index contributed by atoms with van der Waals surface area (Å²) in [6.45, 7) is 4.62. The van der Waals surface area contributed by atoms with E-state index in [1.165, 1.54) is 102 Å². The Morgan fingerprint density at radius 3 is 1.60 bits per heavy atom. The summed E-state index contributed by atoms with van der Waals surface area (Å²) in [5.41, 5.74) is 4.40. The van der Waals surface area contributed by atoms with Crippen molar-refractivity contribution in [1.82, 2.24) is 9.97 Å². The molecule has 4 heteroatoms. The van der Waals surface area contributed by atoms with Gasteiger partial charge >= 0.3 is 0 Å². The van der Waals surface area contributed by atoms with Crippen molar-refractivity contribution in [3.63, 3.8) is 0 Å². The highest BCUT2D eigenvalue weighted by Crippen LogP contribution is 2.24. The number of halogens is 1. The Labute approximate surface area is 262 Å². The number of rotatable bonds is 24. The van der Waals surface area contributed by atoms with Gasteiger partial charge in [-0.3, -0.25) is 0 Å². The standard InChI is InChI=1S/C39H57FN2O/c1-3-5-7-9-11-12-13-15-16-18-20-33-22-24-35(25-23-33)39-41-30-36(31-42-39)34-26-28-38(29-27-34)43-32-37(40)21-19-17-14-10-8-6-4-2/h22-31,37H,3-21,32H2,1-2H3. The van der Waals surface area contributed by atoms with Gasteiger partial charge in [-0.25, -0.2) is 14.4 Å². The van der Waals surface area contributed by atoms with Crippen molar-refractivity contribution in [3.05, 3.63) is 66.5 Å². The van der Waals surface area contributed by atoms with Crippen LogP contribution in [0.1, 0.15) is 135 Å². The van der Waals surface area contributed by atoms with Crippen LogP contribution in [0.2, 0.25) is 0 Å². The molecule has 2 aromatic carbocycles. The van der Waals surface area contributed by atoms with E-state index in [1.807, 2.05) is 36.7 Å². The molecule has 3 aromatic rings. The minimum absolute atomic E-state index is 0.116. The molecule has 0 fully saturated rings. The summed E-state index contributed by atoms with van der Waals surface area (Å²) in [7, 11) is 0. The number of aryl methyl sites for hydroxylation is 1. The van der Waals surface area contributed by atoms with Crippen molar-refractivity contribution in [1.29, 1.82) is 0 Å². The molecule has 236 valence electrons. The Balaban J connectivity index is 1.33. The van der Waals surface area contributed by atoms with Gasteiger partial charge in [0.15, 0.2) is 5.82 Å². The van der Waals surface area contributed by atoms with Crippen LogP contribution in [0.3, 0.4) is 0 Å². The highest BCUT2D eigenvalue weighted by Gasteiger charge is 2.09. The Hall–Kier alpha value is -2.75. The van der Waals surface area contributed by atoms with Crippen LogP contribution in [0.5, 0.6) is 5.75 Å². The molecule has 0 saturated heterocycles. The topological polar surface area (TPSA) is 35.0 Å². The summed E-state index contributed by atoms with van der Waals surface area (Å²) in [5, 5.41) is 0. The molecule has 3 rings (SSSR count). The van der Waals surface area contributed by atoms with E-state index in [0.717, 1.165) is 41.8 Å². The second-order valence-corrected chi connectivity index (χ2v) is 12.3. The first-order valence-electron chi connectivity index (χ1n) is 17.5. The van der Waals surface area contributed by atoms with Crippen molar-refractivity contribution in [3.8, 4) is 28.3 Å². The number of nitrogens with zero attached hydrogens (tertiary/aromatic N) is 2. The lowest BCUT2D eigenvalue weighted by atomic mass is 10.0. The van der Waals surface area contributed by atoms with Crippen LogP contribution in [0.4, 0.5) is 4.39 Å². The van der Waals surface area contributed by atoms with E-state index in [-0.39, 0.29) is 6.61 Å². The molecule has 43 heavy (non-hydrogen) atoms. The molecule has 0 saturated carbocycles. The second-order valence-electron chi connectivity index (χ2n) is 12.3. The molecular weight excluding hydrogens is 531 g/mol. The average molecular weight is 589 g/mol. The van der Waals surface area contributed by atoms with Gasteiger partial charge in [-0.15, -0.1) is 0 Å². The van der Waals surface area contributed by atoms with E-state index in [1.54, 1.807) is 0 Å². The van der Waals surface area contributed by atoms with Crippen molar-refractivity contribution in [2.45, 2.75) is 142 Å². The fourth-order valence-corrected chi connectivity index (χ4v) is 5.60. The molecule has 0 aliphatic heterocycles. The number of hydrogen-bond acceptors (Lipinski definition) is 3. The molecule has 1 aromatic heterocycles. The maximum atomic E-state index is 14.3. The normalized spacial score (nSPS) is 12.0. The van der Waals surface area contributed by atoms with Crippen LogP contribution in [-0.4, -0.2) is 22.7 Å². The number of alkyl halides is 1. The lowest BCUT2D eigenvalue weighted by Crippen LogP contribution is -2.12. The predicted molar refractivity (Wildman–Crippen MR) is 181 cm³/mol. The van der Waals surface area contributed by atoms with Gasteiger partial charge in [0.2, 0.25) is 0 Å². The van der Waals surface area contributed by atoms with Crippen molar-refractivity contribution >= 4 is 0 Å². The summed E-state index contributed by atoms with van der Waals surface area (Å²) in [4.78, 5) is 9.26. The zero-order valence-corrected chi connectivity index (χ0v) is 27.2. The third-order valence-electron chi connectivity index (χ3n) is 8.42. The van der Waals surface area contributed by atoms with E-state index in [2.05, 4.69) is 48.1 Å². The SMILES string of the molecule is CCCCCCCCCCCCc1ccc(-c2ncc(-c3ccc(OCC(F)CCCCCCCCC)cc3)cn2)cc1. The number of ether oxygens (including phenoxy) is 1. The fourth-order valence-electron chi connectivity index (χ4n) is 5.60. The van der Waals surface area contributed by atoms with Gasteiger partial charge < -0.3 is 4.74 Å². The van der Waals surface area contributed by atoms with Gasteiger partial charge in [0.25, 0.3) is 0 Å². The fraction of sp³-hybridized carbons (Fsp3) is 0.590. The third-order valence-corrected chi connectivity index (χ3v) is 8.42. The molecule has 3 nitrogen and oxygen atoms in total. The second kappa shape index (κ2) is 21.9. The maximum Gasteiger partial charge on any atom is 0.159 e. The largest absolute Gasteiger partial charge is 0.491 e. The predicted octanol–water partition coefficient (Wildman–Crippen LogP) is 12.1. The zero-order chi connectivity index (χ0) is 30.4. The number of aromatic nitrogens is 2. The molecule has 1 unspecified atom stereocenters. The summed E-state index contributed by atoms with van der Waals surface area (Å²) in [5.74, 6) is 1.44. The first kappa shape index (κ1) is 34.7. The Kier molecular flexibility index (Phi) is 17.7. The Bertz CT molecular complexity index is 1080. The molecule has 0 amide bonds. The summed E-state index contributed by atoms with van der Waals surface area (Å²) < 4.78 is 20.0. The average Bonchev–Trinajstić information content (AvgIpc) is 3.05. The molecule has 1 atom stereocenters. The molecule has 0 spiro atoms. The molecular formula is C39H57FN2O. The molecule has 0 N–H and O–H groups in total.